The van der Waals surface area contributed by atoms with Gasteiger partial charge in [0, 0.05) is 25.2 Å². The van der Waals surface area contributed by atoms with Crippen LogP contribution in [0.3, 0.4) is 0 Å². The minimum Gasteiger partial charge on any atom is -0.526 e. The van der Waals surface area contributed by atoms with Crippen molar-refractivity contribution in [1.29, 1.82) is 0 Å². The van der Waals surface area contributed by atoms with Crippen LogP contribution >= 0.6 is 11.6 Å². The Hall–Kier alpha value is -0.308. The maximum atomic E-state index is 10.2. The van der Waals surface area contributed by atoms with Gasteiger partial charge in [-0.2, -0.15) is 32.3 Å². The van der Waals surface area contributed by atoms with Crippen LogP contribution in [-0.4, -0.2) is 35.7 Å². The Morgan fingerprint density at radius 3 is 2.70 bits per heavy atom. The van der Waals surface area contributed by atoms with E-state index in [0.29, 0.717) is 5.02 Å². The fourth-order valence-corrected chi connectivity index (χ4v) is 1.80. The normalized spacial score (nSPS) is 17.1. The van der Waals surface area contributed by atoms with Crippen LogP contribution in [0.2, 0.25) is 5.02 Å². The molecule has 1 N–H and O–H groups in total. The summed E-state index contributed by atoms with van der Waals surface area (Å²) in [5.41, 5.74) is 0. The second-order valence-electron chi connectivity index (χ2n) is 4.91. The standard InChI is InChI=1S/C9H10ClN4O.C4H9.U/c10-7-3-9(13-12-4-7)14-2-1-8(5-14)11-6-15;1-4(2)3;/h3-4,8H,1-2,5H2,(H,11,15);1-3H3;/q2*-1;+2/t8-;;/m1../s1. The summed E-state index contributed by atoms with van der Waals surface area (Å²) in [5.74, 6) is 2.16. The van der Waals surface area contributed by atoms with Gasteiger partial charge in [-0.1, -0.05) is 11.6 Å². The molecule has 1 saturated heterocycles. The molecular formula is C13H19ClN4OU. The number of anilines is 1. The minimum atomic E-state index is 0. The minimum absolute atomic E-state index is 0. The number of halogens is 1. The maximum Gasteiger partial charge on any atom is 2.00 e. The van der Waals surface area contributed by atoms with E-state index in [2.05, 4.69) is 36.3 Å². The third-order valence-electron chi connectivity index (χ3n) is 2.38. The number of nitrogens with zero attached hydrogens (tertiary/aromatic N) is 3. The summed E-state index contributed by atoms with van der Waals surface area (Å²) in [6.45, 7) is 7.82. The topological polar surface area (TPSA) is 58.1 Å². The van der Waals surface area contributed by atoms with Gasteiger partial charge in [-0.3, -0.25) is 0 Å². The first-order valence-electron chi connectivity index (χ1n) is 6.15. The second-order valence-corrected chi connectivity index (χ2v) is 5.35. The van der Waals surface area contributed by atoms with Crippen LogP contribution in [0.4, 0.5) is 5.82 Å². The van der Waals surface area contributed by atoms with Crippen molar-refractivity contribution in [1.82, 2.24) is 15.5 Å². The van der Waals surface area contributed by atoms with E-state index in [0.717, 1.165) is 25.3 Å². The first-order chi connectivity index (χ1) is 9.02. The molecule has 1 atom stereocenters. The Morgan fingerprint density at radius 1 is 1.50 bits per heavy atom. The van der Waals surface area contributed by atoms with Crippen LogP contribution < -0.4 is 10.2 Å². The van der Waals surface area contributed by atoms with E-state index in [1.807, 2.05) is 4.90 Å². The van der Waals surface area contributed by atoms with Crippen molar-refractivity contribution in [2.24, 2.45) is 0 Å². The van der Waals surface area contributed by atoms with Gasteiger partial charge in [0.15, 0.2) is 5.82 Å². The van der Waals surface area contributed by atoms with Crippen LogP contribution in [0, 0.1) is 37.0 Å². The van der Waals surface area contributed by atoms with E-state index in [4.69, 9.17) is 11.6 Å². The molecule has 108 valence electrons. The molecule has 1 amide bonds. The van der Waals surface area contributed by atoms with Gasteiger partial charge in [0.2, 0.25) is 0 Å². The van der Waals surface area contributed by atoms with E-state index in [9.17, 15) is 4.79 Å². The van der Waals surface area contributed by atoms with E-state index >= 15 is 0 Å². The van der Waals surface area contributed by atoms with Gasteiger partial charge < -0.3 is 20.9 Å². The summed E-state index contributed by atoms with van der Waals surface area (Å²) in [5, 5.41) is 11.0. The van der Waals surface area contributed by atoms with E-state index < -0.39 is 0 Å². The Labute approximate surface area is 149 Å². The van der Waals surface area contributed by atoms with E-state index in [1.165, 1.54) is 12.1 Å². The SMILES string of the molecule is C[C-](C)C.O=[C-]N[C@@H]1CCN(c2cc(Cl)cnn2)C1.[U+2]. The molecule has 1 aliphatic heterocycles. The summed E-state index contributed by atoms with van der Waals surface area (Å²) in [6.07, 6.45) is 4.09. The molecule has 0 unspecified atom stereocenters. The van der Waals surface area contributed by atoms with Gasteiger partial charge in [0.05, 0.1) is 11.2 Å². The van der Waals surface area contributed by atoms with Crippen LogP contribution in [0.5, 0.6) is 0 Å². The summed E-state index contributed by atoms with van der Waals surface area (Å²) < 4.78 is 0. The summed E-state index contributed by atoms with van der Waals surface area (Å²) >= 11 is 5.81. The zero-order valence-corrected chi connectivity index (χ0v) is 16.9. The summed E-state index contributed by atoms with van der Waals surface area (Å²) in [7, 11) is 0. The molecule has 1 aromatic rings. The fourth-order valence-electron chi connectivity index (χ4n) is 1.66. The molecular weight excluding hydrogens is 502 g/mol. The summed E-state index contributed by atoms with van der Waals surface area (Å²) in [6, 6.07) is 1.91. The molecule has 2 rings (SSSR count). The number of carbonyl (C=O) groups excluding carboxylic acids is 1. The van der Waals surface area contributed by atoms with Gasteiger partial charge in [-0.15, -0.1) is 5.10 Å². The smallest absolute Gasteiger partial charge is 0.526 e. The van der Waals surface area contributed by atoms with Crippen LogP contribution in [-0.2, 0) is 4.79 Å². The molecule has 0 spiro atoms. The number of rotatable bonds is 3. The Bertz CT molecular complexity index is 403. The molecule has 0 radical (unpaired) electrons. The molecule has 2 heterocycles. The largest absolute Gasteiger partial charge is 2.00 e. The zero-order chi connectivity index (χ0) is 14.3. The molecule has 20 heavy (non-hydrogen) atoms. The number of amides is 1. The molecule has 5 nitrogen and oxygen atoms in total. The van der Waals surface area contributed by atoms with Crippen molar-refractivity contribution in [2.75, 3.05) is 18.0 Å². The Morgan fingerprint density at radius 2 is 2.15 bits per heavy atom. The van der Waals surface area contributed by atoms with Crippen molar-refractivity contribution in [3.63, 3.8) is 0 Å². The molecule has 1 fully saturated rings. The van der Waals surface area contributed by atoms with Crippen molar-refractivity contribution in [3.8, 4) is 0 Å². The number of hydrogen-bond donors (Lipinski definition) is 1. The second kappa shape index (κ2) is 10.4. The molecule has 0 bridgehead atoms. The molecule has 0 saturated carbocycles. The van der Waals surface area contributed by atoms with Gasteiger partial charge in [0.25, 0.3) is 0 Å². The van der Waals surface area contributed by atoms with Crippen molar-refractivity contribution in [2.45, 2.75) is 33.2 Å². The predicted molar refractivity (Wildman–Crippen MR) is 76.8 cm³/mol. The molecule has 0 aromatic carbocycles. The van der Waals surface area contributed by atoms with Crippen LogP contribution in [0.15, 0.2) is 12.3 Å². The quantitative estimate of drug-likeness (QED) is 0.489. The van der Waals surface area contributed by atoms with E-state index in [-0.39, 0.29) is 37.2 Å². The maximum absolute atomic E-state index is 10.2. The number of aromatic nitrogens is 2. The van der Waals surface area contributed by atoms with Gasteiger partial charge in [-0.05, 0) is 6.42 Å². The number of nitrogens with one attached hydrogen (secondary N) is 1. The van der Waals surface area contributed by atoms with E-state index in [1.54, 1.807) is 12.5 Å². The van der Waals surface area contributed by atoms with Gasteiger partial charge in [0.1, 0.15) is 0 Å². The first-order valence-corrected chi connectivity index (χ1v) is 6.53. The fraction of sp³-hybridized carbons (Fsp3) is 0.538. The van der Waals surface area contributed by atoms with Gasteiger partial charge >= 0.3 is 31.1 Å². The number of hydrogen-bond acceptors (Lipinski definition) is 4. The molecule has 0 aliphatic carbocycles. The zero-order valence-electron chi connectivity index (χ0n) is 12.0. The van der Waals surface area contributed by atoms with Crippen molar-refractivity contribution in [3.05, 3.63) is 23.2 Å². The third kappa shape index (κ3) is 7.47. The molecule has 1 aromatic heterocycles. The Balaban J connectivity index is 0.000000644. The van der Waals surface area contributed by atoms with Gasteiger partial charge in [-0.25, -0.2) is 0 Å². The monoisotopic (exact) mass is 520 g/mol. The average molecular weight is 521 g/mol. The van der Waals surface area contributed by atoms with Crippen molar-refractivity contribution < 1.29 is 35.9 Å². The van der Waals surface area contributed by atoms with Crippen LogP contribution in [0.25, 0.3) is 0 Å². The average Bonchev–Trinajstić information content (AvgIpc) is 2.77. The summed E-state index contributed by atoms with van der Waals surface area (Å²) in [4.78, 5) is 12.2. The van der Waals surface area contributed by atoms with Crippen molar-refractivity contribution >= 4 is 23.8 Å². The van der Waals surface area contributed by atoms with Crippen LogP contribution in [0.1, 0.15) is 27.2 Å². The third-order valence-corrected chi connectivity index (χ3v) is 2.59. The molecule has 7 heteroatoms. The first kappa shape index (κ1) is 19.7. The predicted octanol–water partition coefficient (Wildman–Crippen LogP) is 1.99. The molecule has 1 aliphatic rings. The Kier molecular flexibility index (Phi) is 10.3.